The van der Waals surface area contributed by atoms with Crippen LogP contribution in [-0.4, -0.2) is 29.4 Å². The fraction of sp³-hybridized carbons (Fsp3) is 0.588. The van der Waals surface area contributed by atoms with Crippen LogP contribution in [0.4, 0.5) is 5.69 Å². The van der Waals surface area contributed by atoms with Gasteiger partial charge in [0.25, 0.3) is 0 Å². The third-order valence-corrected chi connectivity index (χ3v) is 3.84. The molecule has 0 heterocycles. The van der Waals surface area contributed by atoms with Crippen molar-refractivity contribution in [2.24, 2.45) is 5.73 Å². The number of nitrogens with one attached hydrogen (secondary N) is 1. The van der Waals surface area contributed by atoms with E-state index in [0.29, 0.717) is 6.42 Å². The molecule has 118 valence electrons. The van der Waals surface area contributed by atoms with Crippen molar-refractivity contribution >= 4 is 11.6 Å². The van der Waals surface area contributed by atoms with E-state index in [1.165, 1.54) is 0 Å². The molecular formula is C17H29N3O. The van der Waals surface area contributed by atoms with Gasteiger partial charge in [0.05, 0.1) is 5.54 Å². The van der Waals surface area contributed by atoms with E-state index >= 15 is 0 Å². The molecule has 0 aliphatic heterocycles. The lowest BCUT2D eigenvalue weighted by Gasteiger charge is -2.25. The van der Waals surface area contributed by atoms with E-state index in [0.717, 1.165) is 37.3 Å². The predicted molar refractivity (Wildman–Crippen MR) is 89.2 cm³/mol. The second kappa shape index (κ2) is 8.15. The summed E-state index contributed by atoms with van der Waals surface area (Å²) >= 11 is 0. The van der Waals surface area contributed by atoms with E-state index in [9.17, 15) is 4.79 Å². The molecule has 0 radical (unpaired) electrons. The Bertz CT molecular complexity index is 453. The van der Waals surface area contributed by atoms with E-state index in [2.05, 4.69) is 30.1 Å². The van der Waals surface area contributed by atoms with Gasteiger partial charge >= 0.3 is 0 Å². The fourth-order valence-electron chi connectivity index (χ4n) is 2.37. The van der Waals surface area contributed by atoms with Gasteiger partial charge in [-0.3, -0.25) is 9.69 Å². The summed E-state index contributed by atoms with van der Waals surface area (Å²) in [4.78, 5) is 14.7. The maximum absolute atomic E-state index is 12.4. The van der Waals surface area contributed by atoms with Crippen LogP contribution in [0.25, 0.3) is 0 Å². The van der Waals surface area contributed by atoms with Crippen LogP contribution in [0.2, 0.25) is 0 Å². The number of hydrogen-bond donors (Lipinski definition) is 2. The van der Waals surface area contributed by atoms with Crippen molar-refractivity contribution in [2.45, 2.75) is 52.6 Å². The maximum atomic E-state index is 12.4. The average Bonchev–Trinajstić information content (AvgIpc) is 2.46. The molecule has 21 heavy (non-hydrogen) atoms. The van der Waals surface area contributed by atoms with Crippen LogP contribution in [0.5, 0.6) is 0 Å². The highest BCUT2D eigenvalue weighted by Crippen LogP contribution is 2.19. The number of rotatable bonds is 8. The number of amides is 1. The highest BCUT2D eigenvalue weighted by Gasteiger charge is 2.27. The summed E-state index contributed by atoms with van der Waals surface area (Å²) in [6.45, 7) is 10.9. The molecule has 0 aliphatic carbocycles. The Morgan fingerprint density at radius 2 is 1.86 bits per heavy atom. The minimum absolute atomic E-state index is 0.114. The molecule has 1 rings (SSSR count). The summed E-state index contributed by atoms with van der Waals surface area (Å²) in [5.41, 5.74) is 7.27. The van der Waals surface area contributed by atoms with Crippen molar-refractivity contribution in [1.82, 2.24) is 4.90 Å². The predicted octanol–water partition coefficient (Wildman–Crippen LogP) is 2.98. The number of hydrogen-bond acceptors (Lipinski definition) is 3. The van der Waals surface area contributed by atoms with E-state index in [-0.39, 0.29) is 5.91 Å². The Kier molecular flexibility index (Phi) is 6.85. The normalized spacial score (nSPS) is 14.0. The van der Waals surface area contributed by atoms with Gasteiger partial charge in [-0.15, -0.1) is 0 Å². The first-order valence-electron chi connectivity index (χ1n) is 7.85. The van der Waals surface area contributed by atoms with Crippen LogP contribution >= 0.6 is 0 Å². The van der Waals surface area contributed by atoms with E-state index in [4.69, 9.17) is 5.73 Å². The van der Waals surface area contributed by atoms with E-state index in [1.54, 1.807) is 6.92 Å². The second-order valence-electron chi connectivity index (χ2n) is 5.74. The number of nitrogens with zero attached hydrogens (tertiary/aromatic N) is 1. The molecule has 0 saturated heterocycles. The highest BCUT2D eigenvalue weighted by atomic mass is 16.2. The van der Waals surface area contributed by atoms with Crippen molar-refractivity contribution in [3.05, 3.63) is 29.8 Å². The summed E-state index contributed by atoms with van der Waals surface area (Å²) in [5.74, 6) is -0.114. The third-order valence-electron chi connectivity index (χ3n) is 3.84. The van der Waals surface area contributed by atoms with Gasteiger partial charge in [-0.25, -0.2) is 0 Å². The SMILES string of the molecule is CCCC(C)(N)C(=O)Nc1ccccc1CN(CC)CC. The number of para-hydroxylation sites is 1. The second-order valence-corrected chi connectivity index (χ2v) is 5.74. The van der Waals surface area contributed by atoms with Crippen LogP contribution < -0.4 is 11.1 Å². The first kappa shape index (κ1) is 17.7. The first-order valence-corrected chi connectivity index (χ1v) is 7.85. The summed E-state index contributed by atoms with van der Waals surface area (Å²) < 4.78 is 0. The Morgan fingerprint density at radius 1 is 1.24 bits per heavy atom. The smallest absolute Gasteiger partial charge is 0.244 e. The molecule has 4 nitrogen and oxygen atoms in total. The summed E-state index contributed by atoms with van der Waals surface area (Å²) in [5, 5.41) is 3.00. The summed E-state index contributed by atoms with van der Waals surface area (Å²) in [6, 6.07) is 7.94. The van der Waals surface area contributed by atoms with E-state index in [1.807, 2.05) is 25.1 Å². The lowest BCUT2D eigenvalue weighted by Crippen LogP contribution is -2.48. The molecule has 0 bridgehead atoms. The zero-order chi connectivity index (χ0) is 15.9. The van der Waals surface area contributed by atoms with Crippen molar-refractivity contribution in [1.29, 1.82) is 0 Å². The maximum Gasteiger partial charge on any atom is 0.244 e. The van der Waals surface area contributed by atoms with Crippen molar-refractivity contribution in [2.75, 3.05) is 18.4 Å². The van der Waals surface area contributed by atoms with Gasteiger partial charge in [0.2, 0.25) is 5.91 Å². The number of carbonyl (C=O) groups excluding carboxylic acids is 1. The summed E-state index contributed by atoms with van der Waals surface area (Å²) in [6.07, 6.45) is 1.57. The van der Waals surface area contributed by atoms with Crippen LogP contribution in [0.3, 0.4) is 0 Å². The van der Waals surface area contributed by atoms with Crippen molar-refractivity contribution in [3.8, 4) is 0 Å². The Balaban J connectivity index is 2.86. The van der Waals surface area contributed by atoms with Gasteiger partial charge in [-0.1, -0.05) is 45.4 Å². The van der Waals surface area contributed by atoms with Gasteiger partial charge in [0.15, 0.2) is 0 Å². The standard InChI is InChI=1S/C17H29N3O/c1-5-12-17(4,18)16(21)19-15-11-9-8-10-14(15)13-20(6-2)7-3/h8-11H,5-7,12-13,18H2,1-4H3,(H,19,21). The van der Waals surface area contributed by atoms with Gasteiger partial charge in [0, 0.05) is 12.2 Å². The molecule has 1 aromatic carbocycles. The quantitative estimate of drug-likeness (QED) is 0.774. The molecule has 1 atom stereocenters. The molecule has 1 amide bonds. The third kappa shape index (κ3) is 5.14. The number of anilines is 1. The molecule has 0 aliphatic rings. The van der Waals surface area contributed by atoms with Gasteiger partial charge < -0.3 is 11.1 Å². The Hall–Kier alpha value is -1.39. The zero-order valence-corrected chi connectivity index (χ0v) is 13.8. The molecule has 0 spiro atoms. The molecule has 1 unspecified atom stereocenters. The van der Waals surface area contributed by atoms with Gasteiger partial charge in [-0.05, 0) is 38.1 Å². The van der Waals surface area contributed by atoms with Crippen LogP contribution in [0.1, 0.15) is 46.1 Å². The molecule has 4 heteroatoms. The number of nitrogens with two attached hydrogens (primary N) is 1. The Labute approximate surface area is 128 Å². The average molecular weight is 291 g/mol. The lowest BCUT2D eigenvalue weighted by atomic mass is 9.96. The summed E-state index contributed by atoms with van der Waals surface area (Å²) in [7, 11) is 0. The molecule has 0 saturated carbocycles. The van der Waals surface area contributed by atoms with Crippen LogP contribution in [-0.2, 0) is 11.3 Å². The van der Waals surface area contributed by atoms with E-state index < -0.39 is 5.54 Å². The number of benzene rings is 1. The topological polar surface area (TPSA) is 58.4 Å². The van der Waals surface area contributed by atoms with Crippen LogP contribution in [0, 0.1) is 0 Å². The molecule has 1 aromatic rings. The minimum atomic E-state index is -0.822. The highest BCUT2D eigenvalue weighted by molar-refractivity contribution is 5.98. The monoisotopic (exact) mass is 291 g/mol. The number of carbonyl (C=O) groups is 1. The molecule has 0 fully saturated rings. The molecule has 3 N–H and O–H groups in total. The van der Waals surface area contributed by atoms with Gasteiger partial charge in [0.1, 0.15) is 0 Å². The molecular weight excluding hydrogens is 262 g/mol. The van der Waals surface area contributed by atoms with Crippen molar-refractivity contribution in [3.63, 3.8) is 0 Å². The van der Waals surface area contributed by atoms with Crippen molar-refractivity contribution < 1.29 is 4.79 Å². The van der Waals surface area contributed by atoms with Crippen LogP contribution in [0.15, 0.2) is 24.3 Å². The molecule has 0 aromatic heterocycles. The first-order chi connectivity index (χ1) is 9.94. The largest absolute Gasteiger partial charge is 0.324 e. The lowest BCUT2D eigenvalue weighted by molar-refractivity contribution is -0.120. The van der Waals surface area contributed by atoms with Gasteiger partial charge in [-0.2, -0.15) is 0 Å². The zero-order valence-electron chi connectivity index (χ0n) is 13.8. The minimum Gasteiger partial charge on any atom is -0.324 e. The Morgan fingerprint density at radius 3 is 2.43 bits per heavy atom. The fourth-order valence-corrected chi connectivity index (χ4v) is 2.37.